The van der Waals surface area contributed by atoms with Crippen LogP contribution in [0.2, 0.25) is 0 Å². The third kappa shape index (κ3) is 2.72. The molecule has 3 N–H and O–H groups in total. The van der Waals surface area contributed by atoms with Gasteiger partial charge in [0, 0.05) is 25.0 Å². The Labute approximate surface area is 185 Å². The van der Waals surface area contributed by atoms with Crippen molar-refractivity contribution < 1.29 is 4.79 Å². The van der Waals surface area contributed by atoms with Gasteiger partial charge in [0.25, 0.3) is 0 Å². The molecule has 6 rings (SSSR count). The van der Waals surface area contributed by atoms with E-state index in [4.69, 9.17) is 15.7 Å². The van der Waals surface area contributed by atoms with Gasteiger partial charge in [0.2, 0.25) is 5.91 Å². The SMILES string of the molecule is CCC1(C2CC2)C(=O)Nc2nc(-c3cn4ccnc4c(Cc4ccccc4)n3)nc(N)c21. The van der Waals surface area contributed by atoms with Crippen LogP contribution in [0.15, 0.2) is 48.9 Å². The summed E-state index contributed by atoms with van der Waals surface area (Å²) >= 11 is 0. The number of nitrogens with zero attached hydrogens (tertiary/aromatic N) is 5. The van der Waals surface area contributed by atoms with Crippen molar-refractivity contribution in [3.05, 3.63) is 65.7 Å². The number of anilines is 2. The molecular formula is C24H23N7O. The van der Waals surface area contributed by atoms with Crippen LogP contribution in [0.5, 0.6) is 0 Å². The van der Waals surface area contributed by atoms with E-state index in [1.54, 1.807) is 6.20 Å². The van der Waals surface area contributed by atoms with Crippen LogP contribution in [0.1, 0.15) is 43.0 Å². The molecule has 3 aromatic heterocycles. The summed E-state index contributed by atoms with van der Waals surface area (Å²) in [6.45, 7) is 2.03. The predicted molar refractivity (Wildman–Crippen MR) is 121 cm³/mol. The van der Waals surface area contributed by atoms with Crippen LogP contribution >= 0.6 is 0 Å². The van der Waals surface area contributed by atoms with Gasteiger partial charge in [0.05, 0.1) is 16.7 Å². The minimum absolute atomic E-state index is 0.0153. The minimum Gasteiger partial charge on any atom is -0.383 e. The van der Waals surface area contributed by atoms with E-state index in [9.17, 15) is 4.79 Å². The van der Waals surface area contributed by atoms with Gasteiger partial charge < -0.3 is 15.5 Å². The zero-order valence-electron chi connectivity index (χ0n) is 17.7. The van der Waals surface area contributed by atoms with Gasteiger partial charge in [-0.15, -0.1) is 0 Å². The average molecular weight is 425 g/mol. The highest BCUT2D eigenvalue weighted by atomic mass is 16.2. The number of nitrogens with two attached hydrogens (primary N) is 1. The van der Waals surface area contributed by atoms with Gasteiger partial charge in [0.15, 0.2) is 11.5 Å². The van der Waals surface area contributed by atoms with Crippen molar-refractivity contribution in [3.63, 3.8) is 0 Å². The summed E-state index contributed by atoms with van der Waals surface area (Å²) in [6.07, 6.45) is 8.86. The van der Waals surface area contributed by atoms with Gasteiger partial charge in [-0.2, -0.15) is 0 Å². The Morgan fingerprint density at radius 2 is 2.00 bits per heavy atom. The van der Waals surface area contributed by atoms with Crippen LogP contribution in [0, 0.1) is 5.92 Å². The van der Waals surface area contributed by atoms with Crippen LogP contribution in [0.4, 0.5) is 11.6 Å². The molecule has 1 aliphatic heterocycles. The number of rotatable bonds is 5. The Hall–Kier alpha value is -3.81. The van der Waals surface area contributed by atoms with Crippen molar-refractivity contribution in [1.29, 1.82) is 0 Å². The van der Waals surface area contributed by atoms with Gasteiger partial charge in [-0.1, -0.05) is 37.3 Å². The number of amides is 1. The molecule has 0 radical (unpaired) electrons. The third-order valence-electron chi connectivity index (χ3n) is 6.74. The second kappa shape index (κ2) is 6.85. The lowest BCUT2D eigenvalue weighted by molar-refractivity contribution is -0.121. The van der Waals surface area contributed by atoms with Crippen molar-refractivity contribution >= 4 is 23.2 Å². The van der Waals surface area contributed by atoms with Crippen molar-refractivity contribution in [2.45, 2.75) is 38.0 Å². The summed E-state index contributed by atoms with van der Waals surface area (Å²) in [4.78, 5) is 31.7. The fourth-order valence-corrected chi connectivity index (χ4v) is 5.06. The van der Waals surface area contributed by atoms with E-state index in [1.807, 2.05) is 41.9 Å². The summed E-state index contributed by atoms with van der Waals surface area (Å²) < 4.78 is 1.92. The summed E-state index contributed by atoms with van der Waals surface area (Å²) in [5.74, 6) is 1.56. The molecule has 4 aromatic rings. The number of carbonyl (C=O) groups is 1. The number of benzene rings is 1. The van der Waals surface area contributed by atoms with E-state index in [0.29, 0.717) is 41.9 Å². The molecule has 2 aliphatic rings. The van der Waals surface area contributed by atoms with E-state index in [0.717, 1.165) is 35.3 Å². The quantitative estimate of drug-likeness (QED) is 0.507. The Morgan fingerprint density at radius 3 is 2.75 bits per heavy atom. The van der Waals surface area contributed by atoms with Crippen molar-refractivity contribution in [2.24, 2.45) is 5.92 Å². The smallest absolute Gasteiger partial charge is 0.236 e. The summed E-state index contributed by atoms with van der Waals surface area (Å²) in [7, 11) is 0. The fraction of sp³-hybridized carbons (Fsp3) is 0.292. The Kier molecular flexibility index (Phi) is 4.05. The van der Waals surface area contributed by atoms with E-state index in [-0.39, 0.29) is 5.91 Å². The topological polar surface area (TPSA) is 111 Å². The summed E-state index contributed by atoms with van der Waals surface area (Å²) in [5, 5.41) is 2.98. The standard InChI is InChI=1S/C24H23N7O/c1-2-24(15-8-9-15)18-19(25)28-20(29-21(18)30-23(24)32)17-13-31-11-10-26-22(31)16(27-17)12-14-6-4-3-5-7-14/h3-7,10-11,13,15H,2,8-9,12H2,1H3,(H3,25,28,29,30,32). The number of hydrogen-bond acceptors (Lipinski definition) is 6. The van der Waals surface area contributed by atoms with Crippen molar-refractivity contribution in [3.8, 4) is 11.5 Å². The van der Waals surface area contributed by atoms with Crippen molar-refractivity contribution in [2.75, 3.05) is 11.1 Å². The monoisotopic (exact) mass is 425 g/mol. The predicted octanol–water partition coefficient (Wildman–Crippen LogP) is 3.37. The molecule has 0 bridgehead atoms. The zero-order valence-corrected chi connectivity index (χ0v) is 17.7. The van der Waals surface area contributed by atoms with Gasteiger partial charge in [-0.3, -0.25) is 4.79 Å². The number of nitrogen functional groups attached to an aromatic ring is 1. The normalized spacial score (nSPS) is 19.8. The molecule has 8 heteroatoms. The first-order chi connectivity index (χ1) is 15.6. The van der Waals surface area contributed by atoms with E-state index < -0.39 is 5.41 Å². The highest BCUT2D eigenvalue weighted by molar-refractivity contribution is 6.07. The molecule has 32 heavy (non-hydrogen) atoms. The molecule has 160 valence electrons. The van der Waals surface area contributed by atoms with Gasteiger partial charge in [-0.25, -0.2) is 19.9 Å². The minimum atomic E-state index is -0.613. The molecule has 1 aliphatic carbocycles. The zero-order chi connectivity index (χ0) is 21.9. The molecule has 0 saturated heterocycles. The van der Waals surface area contributed by atoms with Crippen LogP contribution in [-0.4, -0.2) is 30.2 Å². The molecule has 8 nitrogen and oxygen atoms in total. The first-order valence-corrected chi connectivity index (χ1v) is 11.0. The van der Waals surface area contributed by atoms with Crippen LogP contribution < -0.4 is 11.1 Å². The van der Waals surface area contributed by atoms with E-state index in [2.05, 4.69) is 27.4 Å². The van der Waals surface area contributed by atoms with E-state index in [1.165, 1.54) is 0 Å². The molecule has 1 saturated carbocycles. The average Bonchev–Trinajstić information content (AvgIpc) is 3.45. The molecule has 1 fully saturated rings. The largest absolute Gasteiger partial charge is 0.383 e. The summed E-state index contributed by atoms with van der Waals surface area (Å²) in [5.41, 5.74) is 9.94. The number of imidazole rings is 1. The first kappa shape index (κ1) is 18.9. The second-order valence-electron chi connectivity index (χ2n) is 8.60. The third-order valence-corrected chi connectivity index (χ3v) is 6.74. The van der Waals surface area contributed by atoms with Crippen LogP contribution in [-0.2, 0) is 16.6 Å². The number of aromatic nitrogens is 5. The lowest BCUT2D eigenvalue weighted by Gasteiger charge is -2.26. The van der Waals surface area contributed by atoms with Gasteiger partial charge >= 0.3 is 0 Å². The molecule has 4 heterocycles. The fourth-order valence-electron chi connectivity index (χ4n) is 5.06. The maximum Gasteiger partial charge on any atom is 0.236 e. The van der Waals surface area contributed by atoms with Crippen molar-refractivity contribution in [1.82, 2.24) is 24.3 Å². The highest BCUT2D eigenvalue weighted by Crippen LogP contribution is 2.55. The molecule has 1 unspecified atom stereocenters. The maximum atomic E-state index is 13.0. The van der Waals surface area contributed by atoms with Gasteiger partial charge in [-0.05, 0) is 30.7 Å². The number of nitrogens with one attached hydrogen (secondary N) is 1. The Morgan fingerprint density at radius 1 is 1.19 bits per heavy atom. The molecule has 0 spiro atoms. The highest BCUT2D eigenvalue weighted by Gasteiger charge is 2.57. The second-order valence-corrected chi connectivity index (χ2v) is 8.60. The lowest BCUT2D eigenvalue weighted by atomic mass is 9.75. The molecular weight excluding hydrogens is 402 g/mol. The lowest BCUT2D eigenvalue weighted by Crippen LogP contribution is -2.36. The first-order valence-electron chi connectivity index (χ1n) is 11.0. The van der Waals surface area contributed by atoms with Crippen LogP contribution in [0.3, 0.4) is 0 Å². The Bertz CT molecular complexity index is 1360. The maximum absolute atomic E-state index is 13.0. The van der Waals surface area contributed by atoms with E-state index >= 15 is 0 Å². The van der Waals surface area contributed by atoms with Crippen LogP contribution in [0.25, 0.3) is 17.2 Å². The molecule has 1 amide bonds. The molecule has 1 aromatic carbocycles. The Balaban J connectivity index is 1.47. The number of fused-ring (bicyclic) bond motifs is 2. The summed E-state index contributed by atoms with van der Waals surface area (Å²) in [6, 6.07) is 10.1. The molecule has 1 atom stereocenters. The number of hydrogen-bond donors (Lipinski definition) is 2. The number of carbonyl (C=O) groups excluding carboxylic acids is 1. The van der Waals surface area contributed by atoms with Gasteiger partial charge in [0.1, 0.15) is 17.3 Å².